The van der Waals surface area contributed by atoms with Crippen LogP contribution in [0, 0.1) is 0 Å². The van der Waals surface area contributed by atoms with Crippen LogP contribution in [0.15, 0.2) is 54.6 Å². The first-order valence-corrected chi connectivity index (χ1v) is 10.2. The quantitative estimate of drug-likeness (QED) is 0.821. The zero-order chi connectivity index (χ0) is 18.0. The van der Waals surface area contributed by atoms with Crippen LogP contribution in [0.4, 0.5) is 0 Å². The maximum absolute atomic E-state index is 11.7. The molecule has 0 bridgehead atoms. The van der Waals surface area contributed by atoms with Crippen LogP contribution in [0.25, 0.3) is 0 Å². The number of thioether (sulfide) groups is 1. The molecule has 2 heterocycles. The van der Waals surface area contributed by atoms with Crippen molar-refractivity contribution in [1.29, 1.82) is 0 Å². The Labute approximate surface area is 159 Å². The second-order valence-electron chi connectivity index (χ2n) is 6.75. The molecule has 2 aliphatic rings. The van der Waals surface area contributed by atoms with Gasteiger partial charge in [0.15, 0.2) is 6.54 Å². The van der Waals surface area contributed by atoms with Gasteiger partial charge in [-0.05, 0) is 54.9 Å². The van der Waals surface area contributed by atoms with E-state index in [9.17, 15) is 5.11 Å². The maximum atomic E-state index is 11.7. The molecule has 1 N–H and O–H groups in total. The van der Waals surface area contributed by atoms with E-state index >= 15 is 0 Å². The van der Waals surface area contributed by atoms with Crippen LogP contribution in [0.2, 0.25) is 0 Å². The lowest BCUT2D eigenvalue weighted by molar-refractivity contribution is -0.532. The molecule has 4 rings (SSSR count). The Morgan fingerprint density at radius 3 is 2.65 bits per heavy atom. The third-order valence-electron chi connectivity index (χ3n) is 4.97. The summed E-state index contributed by atoms with van der Waals surface area (Å²) in [5.74, 6) is 1.95. The highest BCUT2D eigenvalue weighted by molar-refractivity contribution is 8.13. The minimum atomic E-state index is -1.02. The van der Waals surface area contributed by atoms with Crippen molar-refractivity contribution in [3.63, 3.8) is 0 Å². The summed E-state index contributed by atoms with van der Waals surface area (Å²) in [6.07, 6.45) is 1.16. The molecule has 0 amide bonds. The fraction of sp³-hybridized carbons (Fsp3) is 0.381. The van der Waals surface area contributed by atoms with Crippen molar-refractivity contribution in [2.24, 2.45) is 0 Å². The van der Waals surface area contributed by atoms with Gasteiger partial charge < -0.3 is 9.84 Å². The molecule has 0 saturated heterocycles. The zero-order valence-electron chi connectivity index (χ0n) is 15.1. The summed E-state index contributed by atoms with van der Waals surface area (Å²) >= 11 is 1.85. The van der Waals surface area contributed by atoms with Gasteiger partial charge in [-0.25, -0.2) is 9.48 Å². The van der Waals surface area contributed by atoms with Crippen LogP contribution >= 0.6 is 11.8 Å². The highest BCUT2D eigenvalue weighted by atomic mass is 32.2. The smallest absolute Gasteiger partial charge is 0.311 e. The summed E-state index contributed by atoms with van der Waals surface area (Å²) in [5.41, 5.74) is 1.10. The average Bonchev–Trinajstić information content (AvgIpc) is 2.96. The monoisotopic (exact) mass is 369 g/mol. The lowest BCUT2D eigenvalue weighted by atomic mass is 10.0. The molecule has 0 saturated carbocycles. The Balaban J connectivity index is 1.68. The Hall–Kier alpha value is -1.98. The molecule has 0 unspecified atom stereocenters. The number of hydrogen-bond acceptors (Lipinski definition) is 4. The molecule has 2 aromatic carbocycles. The van der Waals surface area contributed by atoms with Crippen molar-refractivity contribution in [1.82, 2.24) is 4.90 Å². The molecule has 1 atom stereocenters. The van der Waals surface area contributed by atoms with Crippen molar-refractivity contribution in [2.45, 2.75) is 25.6 Å². The van der Waals surface area contributed by atoms with Gasteiger partial charge in [0.1, 0.15) is 12.3 Å². The second-order valence-corrected chi connectivity index (χ2v) is 7.81. The predicted octanol–water partition coefficient (Wildman–Crippen LogP) is 3.25. The Bertz CT molecular complexity index is 791. The van der Waals surface area contributed by atoms with Crippen molar-refractivity contribution in [3.8, 4) is 5.75 Å². The number of nitrogens with zero attached hydrogens (tertiary/aromatic N) is 2. The Kier molecular flexibility index (Phi) is 4.92. The van der Waals surface area contributed by atoms with E-state index in [0.29, 0.717) is 19.7 Å². The molecule has 0 radical (unpaired) electrons. The molecule has 0 spiro atoms. The number of aliphatic hydroxyl groups is 1. The predicted molar refractivity (Wildman–Crippen MR) is 106 cm³/mol. The highest BCUT2D eigenvalue weighted by Crippen LogP contribution is 2.37. The van der Waals surface area contributed by atoms with E-state index < -0.39 is 5.72 Å². The number of amidine groups is 1. The molecule has 5 heteroatoms. The minimum Gasteiger partial charge on any atom is -0.494 e. The summed E-state index contributed by atoms with van der Waals surface area (Å²) in [5, 5.41) is 12.9. The summed E-state index contributed by atoms with van der Waals surface area (Å²) in [4.78, 5) is 2.17. The van der Waals surface area contributed by atoms with Crippen LogP contribution in [0.5, 0.6) is 5.75 Å². The van der Waals surface area contributed by atoms with Gasteiger partial charge in [0.2, 0.25) is 0 Å². The van der Waals surface area contributed by atoms with E-state index in [-0.39, 0.29) is 0 Å². The number of benzene rings is 2. The van der Waals surface area contributed by atoms with Crippen LogP contribution in [0.1, 0.15) is 24.5 Å². The molecule has 26 heavy (non-hydrogen) atoms. The van der Waals surface area contributed by atoms with Gasteiger partial charge in [0.05, 0.1) is 13.2 Å². The third-order valence-corrected chi connectivity index (χ3v) is 6.20. The van der Waals surface area contributed by atoms with E-state index in [4.69, 9.17) is 4.74 Å². The molecule has 0 fully saturated rings. The van der Waals surface area contributed by atoms with E-state index in [1.165, 1.54) is 10.7 Å². The fourth-order valence-electron chi connectivity index (χ4n) is 3.71. The lowest BCUT2D eigenvalue weighted by Gasteiger charge is -2.29. The molecule has 0 aliphatic carbocycles. The highest BCUT2D eigenvalue weighted by Gasteiger charge is 2.53. The van der Waals surface area contributed by atoms with E-state index in [2.05, 4.69) is 33.7 Å². The molecule has 0 aromatic heterocycles. The van der Waals surface area contributed by atoms with E-state index in [1.54, 1.807) is 0 Å². The number of hydrogen-bond donors (Lipinski definition) is 1. The van der Waals surface area contributed by atoms with Crippen LogP contribution in [-0.2, 0) is 12.3 Å². The van der Waals surface area contributed by atoms with Gasteiger partial charge in [-0.1, -0.05) is 30.3 Å². The van der Waals surface area contributed by atoms with Gasteiger partial charge in [-0.15, -0.1) is 0 Å². The summed E-state index contributed by atoms with van der Waals surface area (Å²) < 4.78 is 7.89. The van der Waals surface area contributed by atoms with Crippen molar-refractivity contribution >= 4 is 16.9 Å². The number of rotatable bonds is 5. The second kappa shape index (κ2) is 7.33. The van der Waals surface area contributed by atoms with Crippen LogP contribution in [-0.4, -0.2) is 45.2 Å². The fourth-order valence-corrected chi connectivity index (χ4v) is 4.87. The van der Waals surface area contributed by atoms with Crippen LogP contribution < -0.4 is 4.74 Å². The zero-order valence-corrected chi connectivity index (χ0v) is 15.9. The average molecular weight is 370 g/mol. The summed E-state index contributed by atoms with van der Waals surface area (Å²) in [6.45, 7) is 4.93. The van der Waals surface area contributed by atoms with Gasteiger partial charge in [-0.3, -0.25) is 0 Å². The molecule has 2 aromatic rings. The SMILES string of the molecule is CCOc1ccc([C@]2(O)C[N+]3=C(SCCC3)N2Cc2ccccc2)cc1. The van der Waals surface area contributed by atoms with E-state index in [1.807, 2.05) is 49.0 Å². The normalized spacial score (nSPS) is 22.5. The lowest BCUT2D eigenvalue weighted by Crippen LogP contribution is -2.45. The van der Waals surface area contributed by atoms with E-state index in [0.717, 1.165) is 30.0 Å². The molecular weight excluding hydrogens is 344 g/mol. The maximum Gasteiger partial charge on any atom is 0.311 e. The van der Waals surface area contributed by atoms with Gasteiger partial charge >= 0.3 is 5.17 Å². The first kappa shape index (κ1) is 17.4. The number of ether oxygens (including phenoxy) is 1. The van der Waals surface area contributed by atoms with Gasteiger partial charge in [0, 0.05) is 11.3 Å². The Morgan fingerprint density at radius 2 is 1.92 bits per heavy atom. The first-order chi connectivity index (χ1) is 12.7. The molecule has 136 valence electrons. The molecule has 4 nitrogen and oxygen atoms in total. The van der Waals surface area contributed by atoms with Crippen molar-refractivity contribution in [2.75, 3.05) is 25.4 Å². The molecule has 2 aliphatic heterocycles. The minimum absolute atomic E-state index is 0.607. The standard InChI is InChI=1S/C21H25N2O2S/c1-2-25-19-11-9-18(10-12-19)21(24)16-22-13-6-14-26-20(22)23(21)15-17-7-4-3-5-8-17/h3-5,7-12,24H,2,6,13-16H2,1H3/q+1/t21-/m1/s1. The van der Waals surface area contributed by atoms with Gasteiger partial charge in [-0.2, -0.15) is 0 Å². The third kappa shape index (κ3) is 3.21. The topological polar surface area (TPSA) is 35.7 Å². The largest absolute Gasteiger partial charge is 0.494 e. The van der Waals surface area contributed by atoms with Crippen molar-refractivity contribution in [3.05, 3.63) is 65.7 Å². The van der Waals surface area contributed by atoms with Crippen molar-refractivity contribution < 1.29 is 14.4 Å². The first-order valence-electron chi connectivity index (χ1n) is 9.22. The Morgan fingerprint density at radius 1 is 1.15 bits per heavy atom. The van der Waals surface area contributed by atoms with Crippen LogP contribution in [0.3, 0.4) is 0 Å². The molecular formula is C21H25N2O2S+. The van der Waals surface area contributed by atoms with Gasteiger partial charge in [0.25, 0.3) is 5.72 Å². The summed E-state index contributed by atoms with van der Waals surface area (Å²) in [7, 11) is 0. The summed E-state index contributed by atoms with van der Waals surface area (Å²) in [6, 6.07) is 18.3.